The summed E-state index contributed by atoms with van der Waals surface area (Å²) in [6, 6.07) is 8.14. The molecule has 3 aromatic rings. The van der Waals surface area contributed by atoms with Gasteiger partial charge in [0.25, 0.3) is 5.91 Å². The highest BCUT2D eigenvalue weighted by Gasteiger charge is 2.25. The van der Waals surface area contributed by atoms with E-state index in [0.29, 0.717) is 17.4 Å². The molecule has 0 atom stereocenters. The smallest absolute Gasteiger partial charge is 0.251 e. The number of nitrogens with zero attached hydrogens (tertiary/aromatic N) is 3. The molecule has 1 saturated carbocycles. The molecule has 1 amide bonds. The maximum Gasteiger partial charge on any atom is 0.251 e. The molecule has 3 N–H and O–H groups in total. The third-order valence-electron chi connectivity index (χ3n) is 5.70. The summed E-state index contributed by atoms with van der Waals surface area (Å²) in [5.74, 6) is 1.40. The molecule has 1 aliphatic carbocycles. The number of anilines is 1. The number of carbonyl (C=O) groups is 1. The van der Waals surface area contributed by atoms with Crippen LogP contribution in [0, 0.1) is 13.8 Å². The molecule has 7 nitrogen and oxygen atoms in total. The zero-order valence-corrected chi connectivity index (χ0v) is 19.4. The number of pyridine rings is 1. The van der Waals surface area contributed by atoms with Crippen LogP contribution in [0.1, 0.15) is 48.3 Å². The Kier molecular flexibility index (Phi) is 5.77. The molecule has 0 spiro atoms. The standard InChI is InChI=1S/C25H31N5O2/c1-15-6-7-17(24(32)28-19-8-9-19)10-20(15)18-11-21(23-27-16(2)13-30(23)5)22(26-12-18)29-25(3,4)14-31/h6-7,10-13,19,31H,8-9,14H2,1-5H3,(H,26,29)(H,28,32). The second kappa shape index (κ2) is 8.39. The Labute approximate surface area is 188 Å². The Hall–Kier alpha value is -3.19. The van der Waals surface area contributed by atoms with Gasteiger partial charge in [0.05, 0.1) is 23.4 Å². The second-order valence-corrected chi connectivity index (χ2v) is 9.38. The van der Waals surface area contributed by atoms with Crippen molar-refractivity contribution < 1.29 is 9.90 Å². The minimum atomic E-state index is -0.541. The third kappa shape index (κ3) is 4.67. The van der Waals surface area contributed by atoms with Crippen LogP contribution in [0.3, 0.4) is 0 Å². The van der Waals surface area contributed by atoms with Gasteiger partial charge in [-0.2, -0.15) is 0 Å². The van der Waals surface area contributed by atoms with E-state index >= 15 is 0 Å². The van der Waals surface area contributed by atoms with Crippen LogP contribution in [0.25, 0.3) is 22.5 Å². The SMILES string of the molecule is Cc1cn(C)c(-c2cc(-c3cc(C(=O)NC4CC4)ccc3C)cnc2NC(C)(C)CO)n1. The molecule has 0 radical (unpaired) electrons. The van der Waals surface area contributed by atoms with E-state index in [1.807, 2.05) is 63.7 Å². The van der Waals surface area contributed by atoms with Gasteiger partial charge in [0.2, 0.25) is 0 Å². The van der Waals surface area contributed by atoms with E-state index in [1.54, 1.807) is 6.20 Å². The van der Waals surface area contributed by atoms with Crippen molar-refractivity contribution in [1.29, 1.82) is 0 Å². The molecule has 168 valence electrons. The monoisotopic (exact) mass is 433 g/mol. The van der Waals surface area contributed by atoms with E-state index in [-0.39, 0.29) is 12.5 Å². The van der Waals surface area contributed by atoms with Gasteiger partial charge in [-0.25, -0.2) is 9.97 Å². The number of aromatic nitrogens is 3. The Morgan fingerprint density at radius 3 is 2.59 bits per heavy atom. The Balaban J connectivity index is 1.79. The first kappa shape index (κ1) is 22.0. The molecule has 4 rings (SSSR count). The fourth-order valence-electron chi connectivity index (χ4n) is 3.68. The molecule has 0 saturated heterocycles. The van der Waals surface area contributed by atoms with Gasteiger partial charge in [0.15, 0.2) is 0 Å². The van der Waals surface area contributed by atoms with Crippen molar-refractivity contribution in [2.45, 2.75) is 52.1 Å². The molecule has 1 aromatic carbocycles. The highest BCUT2D eigenvalue weighted by atomic mass is 16.3. The topological polar surface area (TPSA) is 92.1 Å². The first-order valence-corrected chi connectivity index (χ1v) is 11.0. The lowest BCUT2D eigenvalue weighted by Crippen LogP contribution is -2.35. The highest BCUT2D eigenvalue weighted by molar-refractivity contribution is 5.96. The average molecular weight is 434 g/mol. The van der Waals surface area contributed by atoms with Crippen LogP contribution >= 0.6 is 0 Å². The van der Waals surface area contributed by atoms with E-state index in [0.717, 1.165) is 46.6 Å². The van der Waals surface area contributed by atoms with Crippen molar-refractivity contribution in [2.75, 3.05) is 11.9 Å². The summed E-state index contributed by atoms with van der Waals surface area (Å²) in [4.78, 5) is 22.0. The van der Waals surface area contributed by atoms with E-state index in [1.165, 1.54) is 0 Å². The number of benzene rings is 1. The van der Waals surface area contributed by atoms with E-state index in [2.05, 4.69) is 16.7 Å². The average Bonchev–Trinajstić information content (AvgIpc) is 3.50. The van der Waals surface area contributed by atoms with E-state index < -0.39 is 5.54 Å². The van der Waals surface area contributed by atoms with Crippen molar-refractivity contribution in [2.24, 2.45) is 7.05 Å². The molecule has 0 aliphatic heterocycles. The number of aliphatic hydroxyl groups is 1. The fraction of sp³-hybridized carbons (Fsp3) is 0.400. The fourth-order valence-corrected chi connectivity index (χ4v) is 3.68. The van der Waals surface area contributed by atoms with Crippen molar-refractivity contribution in [3.8, 4) is 22.5 Å². The summed E-state index contributed by atoms with van der Waals surface area (Å²) >= 11 is 0. The minimum absolute atomic E-state index is 0.0350. The lowest BCUT2D eigenvalue weighted by Gasteiger charge is -2.26. The molecule has 2 aromatic heterocycles. The van der Waals surface area contributed by atoms with Crippen LogP contribution in [-0.2, 0) is 7.05 Å². The zero-order chi connectivity index (χ0) is 23.0. The second-order valence-electron chi connectivity index (χ2n) is 9.38. The Morgan fingerprint density at radius 2 is 1.97 bits per heavy atom. The number of imidazole rings is 1. The summed E-state index contributed by atoms with van der Waals surface area (Å²) in [6.07, 6.45) is 5.88. The molecule has 32 heavy (non-hydrogen) atoms. The van der Waals surface area contributed by atoms with Gasteiger partial charge in [-0.3, -0.25) is 4.79 Å². The van der Waals surface area contributed by atoms with Crippen molar-refractivity contribution >= 4 is 11.7 Å². The number of amides is 1. The molecule has 1 aliphatic rings. The summed E-state index contributed by atoms with van der Waals surface area (Å²) < 4.78 is 1.97. The number of nitrogens with one attached hydrogen (secondary N) is 2. The van der Waals surface area contributed by atoms with Crippen LogP contribution in [0.5, 0.6) is 0 Å². The first-order chi connectivity index (χ1) is 15.2. The largest absolute Gasteiger partial charge is 0.394 e. The number of aliphatic hydroxyl groups excluding tert-OH is 1. The highest BCUT2D eigenvalue weighted by Crippen LogP contribution is 2.33. The summed E-state index contributed by atoms with van der Waals surface area (Å²) in [6.45, 7) is 7.79. The lowest BCUT2D eigenvalue weighted by molar-refractivity contribution is 0.0951. The molecule has 2 heterocycles. The maximum absolute atomic E-state index is 12.6. The quantitative estimate of drug-likeness (QED) is 0.527. The third-order valence-corrected chi connectivity index (χ3v) is 5.70. The summed E-state index contributed by atoms with van der Waals surface area (Å²) in [7, 11) is 1.96. The van der Waals surface area contributed by atoms with E-state index in [4.69, 9.17) is 9.97 Å². The number of hydrogen-bond donors (Lipinski definition) is 3. The van der Waals surface area contributed by atoms with Crippen LogP contribution in [0.15, 0.2) is 36.7 Å². The first-order valence-electron chi connectivity index (χ1n) is 11.0. The van der Waals surface area contributed by atoms with Crippen LogP contribution in [0.2, 0.25) is 0 Å². The Bertz CT molecular complexity index is 1160. The van der Waals surface area contributed by atoms with Gasteiger partial charge >= 0.3 is 0 Å². The van der Waals surface area contributed by atoms with Crippen LogP contribution in [0.4, 0.5) is 5.82 Å². The number of carbonyl (C=O) groups excluding carboxylic acids is 1. The molecule has 1 fully saturated rings. The molecule has 7 heteroatoms. The van der Waals surface area contributed by atoms with Crippen molar-refractivity contribution in [3.05, 3.63) is 53.5 Å². The molecular weight excluding hydrogens is 402 g/mol. The molecule has 0 unspecified atom stereocenters. The summed E-state index contributed by atoms with van der Waals surface area (Å²) in [5, 5.41) is 16.1. The lowest BCUT2D eigenvalue weighted by atomic mass is 9.97. The molecular formula is C25H31N5O2. The van der Waals surface area contributed by atoms with Gasteiger partial charge in [0.1, 0.15) is 11.6 Å². The molecule has 0 bridgehead atoms. The Morgan fingerprint density at radius 1 is 1.22 bits per heavy atom. The minimum Gasteiger partial charge on any atom is -0.394 e. The zero-order valence-electron chi connectivity index (χ0n) is 19.4. The number of aryl methyl sites for hydroxylation is 3. The summed E-state index contributed by atoms with van der Waals surface area (Å²) in [5.41, 5.74) is 4.79. The van der Waals surface area contributed by atoms with Crippen LogP contribution in [-0.4, -0.2) is 43.7 Å². The van der Waals surface area contributed by atoms with Gasteiger partial charge in [-0.15, -0.1) is 0 Å². The van der Waals surface area contributed by atoms with Crippen molar-refractivity contribution in [3.63, 3.8) is 0 Å². The van der Waals surface area contributed by atoms with Gasteiger partial charge in [-0.1, -0.05) is 6.07 Å². The van der Waals surface area contributed by atoms with Gasteiger partial charge in [0, 0.05) is 36.6 Å². The van der Waals surface area contributed by atoms with Gasteiger partial charge in [-0.05, 0) is 69.9 Å². The van der Waals surface area contributed by atoms with E-state index in [9.17, 15) is 9.90 Å². The van der Waals surface area contributed by atoms with Crippen molar-refractivity contribution in [1.82, 2.24) is 19.9 Å². The number of rotatable bonds is 7. The maximum atomic E-state index is 12.6. The normalized spacial score (nSPS) is 13.8. The number of hydrogen-bond acceptors (Lipinski definition) is 5. The van der Waals surface area contributed by atoms with Gasteiger partial charge < -0.3 is 20.3 Å². The predicted octanol–water partition coefficient (Wildman–Crippen LogP) is 3.84. The van der Waals surface area contributed by atoms with Crippen LogP contribution < -0.4 is 10.6 Å². The predicted molar refractivity (Wildman–Crippen MR) is 127 cm³/mol.